The van der Waals surface area contributed by atoms with Gasteiger partial charge in [0.25, 0.3) is 0 Å². The highest BCUT2D eigenvalue weighted by Gasteiger charge is 2.24. The third kappa shape index (κ3) is 3.18. The van der Waals surface area contributed by atoms with Gasteiger partial charge in [-0.1, -0.05) is 6.07 Å². The summed E-state index contributed by atoms with van der Waals surface area (Å²) in [5.74, 6) is 3.22. The molecule has 4 aromatic rings. The van der Waals surface area contributed by atoms with Crippen molar-refractivity contribution in [2.24, 2.45) is 7.05 Å². The van der Waals surface area contributed by atoms with E-state index in [1.54, 1.807) is 0 Å². The minimum atomic E-state index is -5.39. The maximum atomic E-state index is 8.55. The fourth-order valence-corrected chi connectivity index (χ4v) is 3.91. The zero-order chi connectivity index (χ0) is 21.0. The van der Waals surface area contributed by atoms with Crippen molar-refractivity contribution in [1.29, 1.82) is 0 Å². The van der Waals surface area contributed by atoms with Crippen LogP contribution in [-0.4, -0.2) is 13.6 Å². The molecule has 2 aliphatic heterocycles. The van der Waals surface area contributed by atoms with Gasteiger partial charge in [-0.25, -0.2) is 0 Å². The summed E-state index contributed by atoms with van der Waals surface area (Å²) in [5, 5.41) is 5.66. The van der Waals surface area contributed by atoms with Gasteiger partial charge < -0.3 is 38.2 Å². The van der Waals surface area contributed by atoms with Gasteiger partial charge in [0.05, 0.1) is 16.2 Å². The molecule has 3 heterocycles. The molecule has 0 saturated heterocycles. The van der Waals surface area contributed by atoms with Gasteiger partial charge in [-0.3, -0.25) is 0 Å². The van der Waals surface area contributed by atoms with Crippen LogP contribution < -0.4 is 38.2 Å². The van der Waals surface area contributed by atoms with Gasteiger partial charge >= 0.3 is 0 Å². The quantitative estimate of drug-likeness (QED) is 0.227. The van der Waals surface area contributed by atoms with Crippen molar-refractivity contribution < 1.29 is 42.8 Å². The summed E-state index contributed by atoms with van der Waals surface area (Å²) in [6.45, 7) is 0.555. The van der Waals surface area contributed by atoms with E-state index in [4.69, 9.17) is 38.2 Å². The molecule has 1 aromatic heterocycles. The lowest BCUT2D eigenvalue weighted by Crippen LogP contribution is -2.28. The van der Waals surface area contributed by atoms with Crippen LogP contribution in [0.5, 0.6) is 23.0 Å². The second-order valence-corrected chi connectivity index (χ2v) is 7.73. The van der Waals surface area contributed by atoms with Crippen LogP contribution in [0.15, 0.2) is 42.6 Å². The average molecular weight is 427 g/mol. The molecule has 6 rings (SSSR count). The van der Waals surface area contributed by atoms with Crippen molar-refractivity contribution in [3.05, 3.63) is 42.6 Å². The maximum Gasteiger partial charge on any atom is 0.231 e. The first kappa shape index (κ1) is 18.9. The summed E-state index contributed by atoms with van der Waals surface area (Å²) in [7, 11) is -3.33. The summed E-state index contributed by atoms with van der Waals surface area (Å²) in [4.78, 5) is 25.6. The van der Waals surface area contributed by atoms with E-state index in [9.17, 15) is 0 Å². The number of fused-ring (bicyclic) bond motifs is 8. The molecule has 0 fully saturated rings. The van der Waals surface area contributed by atoms with Gasteiger partial charge in [-0.2, -0.15) is 12.4 Å². The molecule has 0 bridgehead atoms. The van der Waals surface area contributed by atoms with E-state index in [0.29, 0.717) is 0 Å². The number of benzene rings is 3. The SMILES string of the molecule is C[n+]1cc2c3c(ccc2c2ccc4cc5c(cc4c21)OCO5)OCO3.O=P([O-])([O-])[O-]. The van der Waals surface area contributed by atoms with E-state index in [2.05, 4.69) is 42.1 Å². The molecule has 9 nitrogen and oxygen atoms in total. The average Bonchev–Trinajstić information content (AvgIpc) is 3.33. The number of nitrogens with zero attached hydrogens (tertiary/aromatic N) is 1. The Kier molecular flexibility index (Phi) is 4.23. The highest BCUT2D eigenvalue weighted by Crippen LogP contribution is 2.42. The number of hydrogen-bond donors (Lipinski definition) is 0. The third-order valence-corrected chi connectivity index (χ3v) is 5.03. The molecule has 0 radical (unpaired) electrons. The summed E-state index contributed by atoms with van der Waals surface area (Å²) >= 11 is 0. The minimum absolute atomic E-state index is 0.275. The highest BCUT2D eigenvalue weighted by atomic mass is 31.2. The lowest BCUT2D eigenvalue weighted by atomic mass is 10.00. The minimum Gasteiger partial charge on any atom is -0.822 e. The Morgan fingerprint density at radius 2 is 1.43 bits per heavy atom. The summed E-state index contributed by atoms with van der Waals surface area (Å²) in [6.07, 6.45) is 2.11. The van der Waals surface area contributed by atoms with Crippen molar-refractivity contribution in [1.82, 2.24) is 0 Å². The van der Waals surface area contributed by atoms with Crippen LogP contribution in [0, 0.1) is 0 Å². The Labute approximate surface area is 169 Å². The van der Waals surface area contributed by atoms with E-state index in [1.165, 1.54) is 5.39 Å². The molecule has 2 aliphatic rings. The fraction of sp³-hybridized carbons (Fsp3) is 0.150. The Morgan fingerprint density at radius 3 is 2.20 bits per heavy atom. The Balaban J connectivity index is 0.000000349. The van der Waals surface area contributed by atoms with Crippen LogP contribution in [0.2, 0.25) is 0 Å². The first-order valence-corrected chi connectivity index (χ1v) is 10.4. The van der Waals surface area contributed by atoms with Crippen molar-refractivity contribution in [2.45, 2.75) is 0 Å². The van der Waals surface area contributed by atoms with Gasteiger partial charge in [0.15, 0.2) is 29.2 Å². The first-order valence-electron chi connectivity index (χ1n) is 8.90. The van der Waals surface area contributed by atoms with E-state index in [1.807, 2.05) is 12.1 Å². The molecule has 154 valence electrons. The zero-order valence-electron chi connectivity index (χ0n) is 15.6. The van der Waals surface area contributed by atoms with E-state index in [0.717, 1.165) is 50.1 Å². The smallest absolute Gasteiger partial charge is 0.231 e. The van der Waals surface area contributed by atoms with Gasteiger partial charge in [-0.15, -0.1) is 0 Å². The molecular formula is C20H14NO8P-2. The highest BCUT2D eigenvalue weighted by molar-refractivity contribution is 7.40. The number of aromatic nitrogens is 1. The van der Waals surface area contributed by atoms with Crippen LogP contribution in [0.3, 0.4) is 0 Å². The fourth-order valence-electron chi connectivity index (χ4n) is 3.91. The Hall–Kier alpha value is -3.10. The van der Waals surface area contributed by atoms with Crippen LogP contribution in [-0.2, 0) is 11.6 Å². The molecule has 10 heteroatoms. The molecule has 0 N–H and O–H groups in total. The molecular weight excluding hydrogens is 413 g/mol. The molecule has 3 aromatic carbocycles. The van der Waals surface area contributed by atoms with Crippen LogP contribution in [0.4, 0.5) is 0 Å². The summed E-state index contributed by atoms with van der Waals surface area (Å²) in [5.41, 5.74) is 1.15. The molecule has 0 amide bonds. The third-order valence-electron chi connectivity index (χ3n) is 5.03. The number of ether oxygens (including phenoxy) is 4. The van der Waals surface area contributed by atoms with E-state index < -0.39 is 7.82 Å². The Morgan fingerprint density at radius 1 is 0.800 bits per heavy atom. The van der Waals surface area contributed by atoms with Crippen molar-refractivity contribution >= 4 is 40.3 Å². The van der Waals surface area contributed by atoms with Gasteiger partial charge in [0.2, 0.25) is 19.1 Å². The van der Waals surface area contributed by atoms with E-state index >= 15 is 0 Å². The second kappa shape index (κ2) is 6.72. The number of rotatable bonds is 0. The van der Waals surface area contributed by atoms with E-state index in [-0.39, 0.29) is 13.6 Å². The maximum absolute atomic E-state index is 8.55. The number of aryl methyl sites for hydroxylation is 1. The van der Waals surface area contributed by atoms with Crippen LogP contribution in [0.1, 0.15) is 0 Å². The summed E-state index contributed by atoms with van der Waals surface area (Å²) < 4.78 is 33.0. The van der Waals surface area contributed by atoms with Crippen molar-refractivity contribution in [3.63, 3.8) is 0 Å². The molecule has 0 spiro atoms. The molecule has 30 heavy (non-hydrogen) atoms. The molecule has 0 aliphatic carbocycles. The second-order valence-electron chi connectivity index (χ2n) is 6.84. The standard InChI is InChI=1S/C20H14NO4.H3O4P/c1-21-8-15-12(4-5-16-20(15)25-10-22-16)13-3-2-11-6-17-18(24-9-23-17)7-14(11)19(13)21;1-5(2,3)4/h2-8H,9-10H2,1H3;(H3,1,2,3,4)/q+1;/p-3. The lowest BCUT2D eigenvalue weighted by Gasteiger charge is -2.36. The zero-order valence-corrected chi connectivity index (χ0v) is 16.5. The molecule has 0 unspecified atom stereocenters. The lowest BCUT2D eigenvalue weighted by molar-refractivity contribution is -0.642. The topological polar surface area (TPSA) is 127 Å². The monoisotopic (exact) mass is 427 g/mol. The van der Waals surface area contributed by atoms with Crippen molar-refractivity contribution in [3.8, 4) is 23.0 Å². The number of hydrogen-bond acceptors (Lipinski definition) is 8. The van der Waals surface area contributed by atoms with Crippen LogP contribution >= 0.6 is 7.82 Å². The van der Waals surface area contributed by atoms with Crippen LogP contribution in [0.25, 0.3) is 32.4 Å². The van der Waals surface area contributed by atoms with Gasteiger partial charge in [-0.05, 0) is 35.7 Å². The normalized spacial score (nSPS) is 14.3. The summed E-state index contributed by atoms with van der Waals surface area (Å²) in [6, 6.07) is 12.5. The molecule has 0 atom stereocenters. The molecule has 0 saturated carbocycles. The van der Waals surface area contributed by atoms with Crippen molar-refractivity contribution in [2.75, 3.05) is 13.6 Å². The Bertz CT molecular complexity index is 1370. The predicted molar refractivity (Wildman–Crippen MR) is 100.0 cm³/mol. The van der Waals surface area contributed by atoms with Gasteiger partial charge in [0.1, 0.15) is 7.05 Å². The first-order chi connectivity index (χ1) is 14.3. The largest absolute Gasteiger partial charge is 0.822 e. The number of phosphoric acid groups is 1. The van der Waals surface area contributed by atoms with Gasteiger partial charge in [0, 0.05) is 5.39 Å². The predicted octanol–water partition coefficient (Wildman–Crippen LogP) is 0.603. The number of pyridine rings is 1.